The van der Waals surface area contributed by atoms with Crippen molar-refractivity contribution in [2.45, 2.75) is 19.0 Å². The van der Waals surface area contributed by atoms with Crippen LogP contribution in [0, 0.1) is 13.8 Å². The lowest BCUT2D eigenvalue weighted by atomic mass is 10.0. The van der Waals surface area contributed by atoms with E-state index in [4.69, 9.17) is 9.52 Å². The predicted molar refractivity (Wildman–Crippen MR) is 119 cm³/mol. The number of benzene rings is 2. The fourth-order valence-corrected chi connectivity index (χ4v) is 4.71. The van der Waals surface area contributed by atoms with Crippen molar-refractivity contribution in [3.63, 3.8) is 0 Å². The molecular weight excluding hydrogens is 412 g/mol. The molecule has 0 unspecified atom stereocenters. The van der Waals surface area contributed by atoms with E-state index in [0.29, 0.717) is 33.7 Å². The first-order valence-electron chi connectivity index (χ1n) is 9.74. The van der Waals surface area contributed by atoms with Gasteiger partial charge in [0.05, 0.1) is 17.0 Å². The van der Waals surface area contributed by atoms with Crippen LogP contribution < -0.4 is 5.63 Å². The largest absolute Gasteiger partial charge is 0.422 e. The van der Waals surface area contributed by atoms with Gasteiger partial charge in [0.1, 0.15) is 5.58 Å². The van der Waals surface area contributed by atoms with E-state index >= 15 is 0 Å². The van der Waals surface area contributed by atoms with Crippen molar-refractivity contribution in [2.75, 3.05) is 5.75 Å². The van der Waals surface area contributed by atoms with Gasteiger partial charge in [-0.15, -0.1) is 10.2 Å². The van der Waals surface area contributed by atoms with Crippen molar-refractivity contribution in [1.82, 2.24) is 24.7 Å². The summed E-state index contributed by atoms with van der Waals surface area (Å²) in [6.45, 7) is 3.87. The Morgan fingerprint density at radius 2 is 1.90 bits per heavy atom. The second kappa shape index (κ2) is 6.64. The van der Waals surface area contributed by atoms with Crippen LogP contribution in [0.25, 0.3) is 27.7 Å². The van der Waals surface area contributed by atoms with Gasteiger partial charge < -0.3 is 4.42 Å². The number of nitrogens with zero attached hydrogens (tertiary/aromatic N) is 6. The fourth-order valence-electron chi connectivity index (χ4n) is 3.89. The normalized spacial score (nSPS) is 13.5. The number of thioether (sulfide) groups is 1. The molecule has 0 amide bonds. The first-order valence-corrected chi connectivity index (χ1v) is 10.7. The predicted octanol–water partition coefficient (Wildman–Crippen LogP) is 3.70. The van der Waals surface area contributed by atoms with Crippen LogP contribution in [0.5, 0.6) is 0 Å². The summed E-state index contributed by atoms with van der Waals surface area (Å²) in [6, 6.07) is 15.7. The van der Waals surface area contributed by atoms with E-state index in [1.54, 1.807) is 9.36 Å². The summed E-state index contributed by atoms with van der Waals surface area (Å²) in [4.78, 5) is 12.8. The number of aromatic nitrogens is 5. The Bertz CT molecular complexity index is 1590. The molecule has 31 heavy (non-hydrogen) atoms. The van der Waals surface area contributed by atoms with Gasteiger partial charge in [-0.3, -0.25) is 0 Å². The molecule has 5 aromatic rings. The van der Waals surface area contributed by atoms with Gasteiger partial charge in [0.15, 0.2) is 0 Å². The van der Waals surface area contributed by atoms with E-state index in [1.807, 2.05) is 62.4 Å². The Morgan fingerprint density at radius 3 is 2.74 bits per heavy atom. The quantitative estimate of drug-likeness (QED) is 0.315. The van der Waals surface area contributed by atoms with Crippen LogP contribution in [0.3, 0.4) is 0 Å². The third kappa shape index (κ3) is 2.81. The van der Waals surface area contributed by atoms with Gasteiger partial charge in [0, 0.05) is 16.8 Å². The van der Waals surface area contributed by atoms with Crippen molar-refractivity contribution in [3.8, 4) is 5.95 Å². The van der Waals surface area contributed by atoms with E-state index in [9.17, 15) is 4.79 Å². The molecule has 1 aliphatic heterocycles. The molecule has 152 valence electrons. The molecule has 6 rings (SSSR count). The number of rotatable bonds is 2. The Kier molecular flexibility index (Phi) is 3.87. The molecular formula is C22H16N6O2S. The van der Waals surface area contributed by atoms with Crippen molar-refractivity contribution >= 4 is 39.2 Å². The summed E-state index contributed by atoms with van der Waals surface area (Å²) in [5.41, 5.74) is 3.01. The topological polar surface area (TPSA) is 91.1 Å². The SMILES string of the molecule is Cc1cc(C)n(-c2nnc3n2N=C(c2cc4c(ccc5ccccc54)oc2=O)CS3)n1. The summed E-state index contributed by atoms with van der Waals surface area (Å²) in [5, 5.41) is 21.4. The maximum Gasteiger partial charge on any atom is 0.345 e. The smallest absolute Gasteiger partial charge is 0.345 e. The Morgan fingerprint density at radius 1 is 1.03 bits per heavy atom. The highest BCUT2D eigenvalue weighted by Crippen LogP contribution is 2.28. The Labute approximate surface area is 180 Å². The van der Waals surface area contributed by atoms with E-state index in [1.165, 1.54) is 11.8 Å². The van der Waals surface area contributed by atoms with Gasteiger partial charge in [0.25, 0.3) is 5.95 Å². The Hall–Kier alpha value is -3.72. The first kappa shape index (κ1) is 18.1. The van der Waals surface area contributed by atoms with Gasteiger partial charge in [0.2, 0.25) is 5.16 Å². The lowest BCUT2D eigenvalue weighted by molar-refractivity contribution is 0.559. The maximum absolute atomic E-state index is 12.8. The van der Waals surface area contributed by atoms with E-state index in [-0.39, 0.29) is 0 Å². The fraction of sp³-hybridized carbons (Fsp3) is 0.136. The monoisotopic (exact) mass is 428 g/mol. The molecule has 0 saturated carbocycles. The van der Waals surface area contributed by atoms with E-state index in [2.05, 4.69) is 15.3 Å². The minimum atomic E-state index is -0.411. The number of aryl methyl sites for hydroxylation is 2. The minimum Gasteiger partial charge on any atom is -0.422 e. The standard InChI is InChI=1S/C22H16N6O2S/c1-12-9-13(2)27(25-12)21-23-24-22-28(21)26-18(11-31-22)17-10-16-15-6-4-3-5-14(15)7-8-19(16)30-20(17)29/h3-10H,11H2,1-2H3. The molecule has 0 radical (unpaired) electrons. The Balaban J connectivity index is 1.55. The zero-order chi connectivity index (χ0) is 21.1. The third-order valence-electron chi connectivity index (χ3n) is 5.31. The summed E-state index contributed by atoms with van der Waals surface area (Å²) in [6.07, 6.45) is 0. The number of hydrogen-bond donors (Lipinski definition) is 0. The average Bonchev–Trinajstić information content (AvgIpc) is 3.34. The summed E-state index contributed by atoms with van der Waals surface area (Å²) in [5.74, 6) is 0.983. The lowest BCUT2D eigenvalue weighted by Crippen LogP contribution is -2.21. The highest BCUT2D eigenvalue weighted by atomic mass is 32.2. The van der Waals surface area contributed by atoms with Crippen molar-refractivity contribution in [3.05, 3.63) is 75.9 Å². The molecule has 8 nitrogen and oxygen atoms in total. The molecule has 0 atom stereocenters. The van der Waals surface area contributed by atoms with Gasteiger partial charge in [-0.1, -0.05) is 42.1 Å². The molecule has 9 heteroatoms. The molecule has 1 aliphatic rings. The average molecular weight is 428 g/mol. The van der Waals surface area contributed by atoms with E-state index < -0.39 is 5.63 Å². The first-order chi connectivity index (χ1) is 15.1. The van der Waals surface area contributed by atoms with Gasteiger partial charge >= 0.3 is 5.63 Å². The second-order valence-corrected chi connectivity index (χ2v) is 8.36. The van der Waals surface area contributed by atoms with Crippen molar-refractivity contribution < 1.29 is 4.42 Å². The van der Waals surface area contributed by atoms with Crippen LogP contribution in [0.15, 0.2) is 68.0 Å². The third-order valence-corrected chi connectivity index (χ3v) is 6.24. The zero-order valence-electron chi connectivity index (χ0n) is 16.7. The summed E-state index contributed by atoms with van der Waals surface area (Å²) >= 11 is 1.47. The van der Waals surface area contributed by atoms with E-state index in [0.717, 1.165) is 27.5 Å². The van der Waals surface area contributed by atoms with Crippen LogP contribution >= 0.6 is 11.8 Å². The maximum atomic E-state index is 12.8. The molecule has 0 N–H and O–H groups in total. The van der Waals surface area contributed by atoms with Crippen LogP contribution in [-0.2, 0) is 0 Å². The number of fused-ring (bicyclic) bond motifs is 4. The zero-order valence-corrected chi connectivity index (χ0v) is 17.6. The summed E-state index contributed by atoms with van der Waals surface area (Å²) in [7, 11) is 0. The van der Waals surface area contributed by atoms with Gasteiger partial charge in [-0.25, -0.2) is 9.48 Å². The van der Waals surface area contributed by atoms with Gasteiger partial charge in [-0.2, -0.15) is 14.9 Å². The molecule has 0 bridgehead atoms. The molecule has 0 aliphatic carbocycles. The molecule has 0 fully saturated rings. The number of hydrogen-bond acceptors (Lipinski definition) is 7. The van der Waals surface area contributed by atoms with Crippen LogP contribution in [-0.4, -0.2) is 36.1 Å². The lowest BCUT2D eigenvalue weighted by Gasteiger charge is -2.14. The van der Waals surface area contributed by atoms with Crippen LogP contribution in [0.2, 0.25) is 0 Å². The van der Waals surface area contributed by atoms with Crippen LogP contribution in [0.1, 0.15) is 17.0 Å². The minimum absolute atomic E-state index is 0.411. The second-order valence-electron chi connectivity index (χ2n) is 7.41. The molecule has 2 aromatic carbocycles. The molecule has 4 heterocycles. The van der Waals surface area contributed by atoms with Crippen molar-refractivity contribution in [2.24, 2.45) is 5.10 Å². The summed E-state index contributed by atoms with van der Waals surface area (Å²) < 4.78 is 9.00. The highest BCUT2D eigenvalue weighted by Gasteiger charge is 2.24. The van der Waals surface area contributed by atoms with Gasteiger partial charge in [-0.05, 0) is 42.8 Å². The van der Waals surface area contributed by atoms with Crippen molar-refractivity contribution in [1.29, 1.82) is 0 Å². The highest BCUT2D eigenvalue weighted by molar-refractivity contribution is 7.99. The molecule has 0 spiro atoms. The van der Waals surface area contributed by atoms with Crippen LogP contribution in [0.4, 0.5) is 0 Å². The molecule has 3 aromatic heterocycles. The molecule has 0 saturated heterocycles.